The summed E-state index contributed by atoms with van der Waals surface area (Å²) in [6, 6.07) is 6.64. The molecule has 1 aliphatic rings. The van der Waals surface area contributed by atoms with E-state index in [9.17, 15) is 0 Å². The molecule has 2 aromatic rings. The van der Waals surface area contributed by atoms with Gasteiger partial charge in [-0.1, -0.05) is 11.6 Å². The first kappa shape index (κ1) is 11.8. The van der Waals surface area contributed by atoms with Crippen molar-refractivity contribution < 1.29 is 4.74 Å². The molecule has 1 N–H and O–H groups in total. The molecule has 1 atom stereocenters. The molecule has 0 saturated carbocycles. The minimum atomic E-state index is 0.227. The van der Waals surface area contributed by atoms with E-state index >= 15 is 0 Å². The molecule has 1 fully saturated rings. The molecule has 1 saturated heterocycles. The van der Waals surface area contributed by atoms with E-state index in [4.69, 9.17) is 4.74 Å². The molecule has 96 valence electrons. The third-order valence-electron chi connectivity index (χ3n) is 3.70. The third-order valence-corrected chi connectivity index (χ3v) is 3.70. The summed E-state index contributed by atoms with van der Waals surface area (Å²) < 4.78 is 8.17. The Morgan fingerprint density at radius 1 is 1.33 bits per heavy atom. The normalized spacial score (nSPS) is 21.1. The molecule has 1 aromatic heterocycles. The van der Waals surface area contributed by atoms with Crippen molar-refractivity contribution in [2.24, 2.45) is 7.05 Å². The van der Waals surface area contributed by atoms with Crippen molar-refractivity contribution in [2.45, 2.75) is 19.4 Å². The lowest BCUT2D eigenvalue weighted by Gasteiger charge is -2.13. The minimum Gasteiger partial charge on any atom is -0.372 e. The van der Waals surface area contributed by atoms with Gasteiger partial charge in [-0.3, -0.25) is 0 Å². The standard InChI is InChI=1S/C15H20N2O/c1-11-3-4-14-12(9-11)13(10-17(14)2)15-5-6-16-7-8-18-15/h3-4,9-10,15-16H,5-8H2,1-2H3. The molecule has 2 heterocycles. The van der Waals surface area contributed by atoms with Crippen LogP contribution in [0.25, 0.3) is 10.9 Å². The summed E-state index contributed by atoms with van der Waals surface area (Å²) in [5, 5.41) is 4.72. The highest BCUT2D eigenvalue weighted by molar-refractivity contribution is 5.85. The molecule has 1 aromatic carbocycles. The third kappa shape index (κ3) is 2.04. The fourth-order valence-corrected chi connectivity index (χ4v) is 2.75. The van der Waals surface area contributed by atoms with Crippen LogP contribution in [-0.2, 0) is 11.8 Å². The summed E-state index contributed by atoms with van der Waals surface area (Å²) in [4.78, 5) is 0. The Balaban J connectivity index is 2.07. The van der Waals surface area contributed by atoms with Crippen molar-refractivity contribution in [3.05, 3.63) is 35.5 Å². The minimum absolute atomic E-state index is 0.227. The van der Waals surface area contributed by atoms with E-state index in [0.29, 0.717) is 0 Å². The zero-order chi connectivity index (χ0) is 12.5. The molecule has 0 spiro atoms. The Bertz CT molecular complexity index is 551. The van der Waals surface area contributed by atoms with Gasteiger partial charge in [0.1, 0.15) is 0 Å². The van der Waals surface area contributed by atoms with Gasteiger partial charge < -0.3 is 14.6 Å². The van der Waals surface area contributed by atoms with Crippen LogP contribution in [-0.4, -0.2) is 24.3 Å². The van der Waals surface area contributed by atoms with Gasteiger partial charge in [-0.25, -0.2) is 0 Å². The number of ether oxygens (including phenoxy) is 1. The summed E-state index contributed by atoms with van der Waals surface area (Å²) in [6.45, 7) is 4.94. The van der Waals surface area contributed by atoms with Crippen LogP contribution >= 0.6 is 0 Å². The average Bonchev–Trinajstić information content (AvgIpc) is 2.58. The molecule has 3 nitrogen and oxygen atoms in total. The van der Waals surface area contributed by atoms with Crippen LogP contribution < -0.4 is 5.32 Å². The number of benzene rings is 1. The number of hydrogen-bond acceptors (Lipinski definition) is 2. The Morgan fingerprint density at radius 3 is 3.11 bits per heavy atom. The summed E-state index contributed by atoms with van der Waals surface area (Å²) in [5.74, 6) is 0. The summed E-state index contributed by atoms with van der Waals surface area (Å²) in [6.07, 6.45) is 3.50. The predicted molar refractivity (Wildman–Crippen MR) is 73.8 cm³/mol. The van der Waals surface area contributed by atoms with Crippen LogP contribution in [0.3, 0.4) is 0 Å². The van der Waals surface area contributed by atoms with E-state index in [1.165, 1.54) is 22.0 Å². The zero-order valence-electron chi connectivity index (χ0n) is 11.1. The maximum atomic E-state index is 5.97. The number of nitrogens with one attached hydrogen (secondary N) is 1. The van der Waals surface area contributed by atoms with Crippen molar-refractivity contribution in [2.75, 3.05) is 19.7 Å². The van der Waals surface area contributed by atoms with Gasteiger partial charge in [0, 0.05) is 36.3 Å². The van der Waals surface area contributed by atoms with E-state index in [1.54, 1.807) is 0 Å². The van der Waals surface area contributed by atoms with Crippen molar-refractivity contribution in [3.8, 4) is 0 Å². The lowest BCUT2D eigenvalue weighted by atomic mass is 10.0. The topological polar surface area (TPSA) is 26.2 Å². The maximum Gasteiger partial charge on any atom is 0.0858 e. The van der Waals surface area contributed by atoms with Crippen LogP contribution in [0.1, 0.15) is 23.7 Å². The second-order valence-electron chi connectivity index (χ2n) is 5.11. The Morgan fingerprint density at radius 2 is 2.22 bits per heavy atom. The van der Waals surface area contributed by atoms with Gasteiger partial charge in [0.05, 0.1) is 12.7 Å². The van der Waals surface area contributed by atoms with Crippen LogP contribution in [0.15, 0.2) is 24.4 Å². The van der Waals surface area contributed by atoms with Gasteiger partial charge >= 0.3 is 0 Å². The Kier molecular flexibility index (Phi) is 3.10. The lowest BCUT2D eigenvalue weighted by molar-refractivity contribution is 0.0653. The second kappa shape index (κ2) is 4.75. The van der Waals surface area contributed by atoms with E-state index in [0.717, 1.165) is 26.1 Å². The van der Waals surface area contributed by atoms with Crippen LogP contribution in [0.4, 0.5) is 0 Å². The fraction of sp³-hybridized carbons (Fsp3) is 0.467. The molecule has 0 radical (unpaired) electrons. The van der Waals surface area contributed by atoms with Gasteiger partial charge in [0.2, 0.25) is 0 Å². The number of aromatic nitrogens is 1. The lowest BCUT2D eigenvalue weighted by Crippen LogP contribution is -2.16. The maximum absolute atomic E-state index is 5.97. The van der Waals surface area contributed by atoms with Crippen molar-refractivity contribution in [3.63, 3.8) is 0 Å². The van der Waals surface area contributed by atoms with Crippen molar-refractivity contribution in [1.82, 2.24) is 9.88 Å². The quantitative estimate of drug-likeness (QED) is 0.834. The molecular formula is C15H20N2O. The first-order valence-corrected chi connectivity index (χ1v) is 6.63. The number of rotatable bonds is 1. The first-order chi connectivity index (χ1) is 8.75. The zero-order valence-corrected chi connectivity index (χ0v) is 11.1. The summed E-state index contributed by atoms with van der Waals surface area (Å²) in [5.41, 5.74) is 3.93. The smallest absolute Gasteiger partial charge is 0.0858 e. The fourth-order valence-electron chi connectivity index (χ4n) is 2.75. The summed E-state index contributed by atoms with van der Waals surface area (Å²) in [7, 11) is 2.11. The summed E-state index contributed by atoms with van der Waals surface area (Å²) >= 11 is 0. The second-order valence-corrected chi connectivity index (χ2v) is 5.11. The monoisotopic (exact) mass is 244 g/mol. The number of fused-ring (bicyclic) bond motifs is 1. The molecular weight excluding hydrogens is 224 g/mol. The number of aryl methyl sites for hydroxylation is 2. The predicted octanol–water partition coefficient (Wildman–Crippen LogP) is 2.54. The Labute approximate surface area is 108 Å². The van der Waals surface area contributed by atoms with Crippen LogP contribution in [0.2, 0.25) is 0 Å². The highest BCUT2D eigenvalue weighted by Gasteiger charge is 2.19. The highest BCUT2D eigenvalue weighted by Crippen LogP contribution is 2.31. The molecule has 3 heteroatoms. The van der Waals surface area contributed by atoms with E-state index in [1.807, 2.05) is 0 Å². The molecule has 0 bridgehead atoms. The van der Waals surface area contributed by atoms with Gasteiger partial charge in [-0.15, -0.1) is 0 Å². The molecule has 1 aliphatic heterocycles. The van der Waals surface area contributed by atoms with E-state index in [2.05, 4.69) is 48.3 Å². The number of nitrogens with zero attached hydrogens (tertiary/aromatic N) is 1. The molecule has 0 aliphatic carbocycles. The van der Waals surface area contributed by atoms with Gasteiger partial charge in [0.25, 0.3) is 0 Å². The van der Waals surface area contributed by atoms with E-state index < -0.39 is 0 Å². The molecule has 3 rings (SSSR count). The average molecular weight is 244 g/mol. The first-order valence-electron chi connectivity index (χ1n) is 6.63. The van der Waals surface area contributed by atoms with Crippen molar-refractivity contribution in [1.29, 1.82) is 0 Å². The molecule has 1 unspecified atom stereocenters. The SMILES string of the molecule is Cc1ccc2c(c1)c(C1CCNCCO1)cn2C. The van der Waals surface area contributed by atoms with Gasteiger partial charge in [0.15, 0.2) is 0 Å². The van der Waals surface area contributed by atoms with E-state index in [-0.39, 0.29) is 6.10 Å². The van der Waals surface area contributed by atoms with Gasteiger partial charge in [-0.05, 0) is 32.0 Å². The van der Waals surface area contributed by atoms with Gasteiger partial charge in [-0.2, -0.15) is 0 Å². The molecule has 18 heavy (non-hydrogen) atoms. The van der Waals surface area contributed by atoms with Crippen molar-refractivity contribution >= 4 is 10.9 Å². The molecule has 0 amide bonds. The van der Waals surface area contributed by atoms with Crippen LogP contribution in [0, 0.1) is 6.92 Å². The largest absolute Gasteiger partial charge is 0.372 e. The number of hydrogen-bond donors (Lipinski definition) is 1. The highest BCUT2D eigenvalue weighted by atomic mass is 16.5. The Hall–Kier alpha value is -1.32. The van der Waals surface area contributed by atoms with Crippen LogP contribution in [0.5, 0.6) is 0 Å².